The van der Waals surface area contributed by atoms with E-state index >= 15 is 0 Å². The Labute approximate surface area is 742 Å². The lowest BCUT2D eigenvalue weighted by Crippen LogP contribution is -2.18. The van der Waals surface area contributed by atoms with Gasteiger partial charge in [0.1, 0.15) is 42.6 Å². The van der Waals surface area contributed by atoms with Crippen LogP contribution < -0.4 is 50.7 Å². The standard InChI is InChI=1S/C28H37N3O3S.2C23H32N2O5S.C19H26N2O4S.ClH/c1-4-5-17-29-26-20-23(22-30-24-13-8-6-9-14-24)21-27(35(32,33)19-12-18-31(2)3)28(26)34-25-15-10-7-11-16-25;2*1-5-6-13-24-20-16-18(23(26)29-4)17-21(31(27,28)15-10-14-25(2)3)22(20)30-19-11-8-7-9-12-19;1-3-5-11-21-17-12-15(14-24-4-2)13-18(26(20,22)23)19(17)25-16-9-7-6-8-10-16;/h6-11,13-16,20-21,29-30H,4-5,12,17-19,22H2,1-3H3;2*7-9,11-12,16-17,24H,5-6,10,13-15H2,1-4H3;6-10,12-13,21H,3-5,11,14H2,1-2H3,(H2,20,22,23);1H. The van der Waals surface area contributed by atoms with Crippen molar-refractivity contribution in [3.05, 3.63) is 222 Å². The third-order valence-corrected chi connectivity index (χ3v) is 24.8. The highest BCUT2D eigenvalue weighted by Gasteiger charge is 2.30. The Morgan fingerprint density at radius 1 is 0.355 bits per heavy atom. The van der Waals surface area contributed by atoms with Crippen LogP contribution in [-0.4, -0.2) is 186 Å². The maximum Gasteiger partial charge on any atom is 0.337 e. The average molecular weight is 1810 g/mol. The molecule has 0 spiro atoms. The zero-order chi connectivity index (χ0) is 89.8. The highest BCUT2D eigenvalue weighted by molar-refractivity contribution is 7.92. The number of unbranched alkanes of at least 4 members (excludes halogenated alkanes) is 4. The van der Waals surface area contributed by atoms with Gasteiger partial charge in [-0.3, -0.25) is 0 Å². The van der Waals surface area contributed by atoms with Gasteiger partial charge in [0.25, 0.3) is 0 Å². The number of anilines is 5. The van der Waals surface area contributed by atoms with Crippen molar-refractivity contribution >= 4 is 92.3 Å². The van der Waals surface area contributed by atoms with E-state index in [9.17, 15) is 43.3 Å². The number of nitrogens with two attached hydrogens (primary N) is 1. The van der Waals surface area contributed by atoms with Gasteiger partial charge in [-0.1, -0.05) is 144 Å². The first-order chi connectivity index (χ1) is 58.9. The summed E-state index contributed by atoms with van der Waals surface area (Å²) in [6.07, 6.45) is 9.15. The minimum Gasteiger partial charge on any atom is -0.465 e. The number of sulfone groups is 3. The highest BCUT2D eigenvalue weighted by Crippen LogP contribution is 2.43. The van der Waals surface area contributed by atoms with E-state index in [0.717, 1.165) is 74.7 Å². The molecule has 0 aliphatic rings. The number of benzene rings is 9. The van der Waals surface area contributed by atoms with Crippen LogP contribution in [0.1, 0.15) is 137 Å². The van der Waals surface area contributed by atoms with Gasteiger partial charge in [-0.15, -0.1) is 12.4 Å². The molecule has 0 bridgehead atoms. The molecular formula is C93H128ClN9O17S4. The number of carbonyl (C=O) groups excluding carboxylic acids is 2. The number of primary sulfonamides is 1. The van der Waals surface area contributed by atoms with Crippen LogP contribution in [-0.2, 0) is 66.9 Å². The number of ether oxygens (including phenoxy) is 7. The molecule has 9 aromatic carbocycles. The second-order valence-corrected chi connectivity index (χ2v) is 37.5. The lowest BCUT2D eigenvalue weighted by atomic mass is 10.1. The van der Waals surface area contributed by atoms with Crippen molar-refractivity contribution in [2.24, 2.45) is 5.14 Å². The summed E-state index contributed by atoms with van der Waals surface area (Å²) < 4.78 is 144. The van der Waals surface area contributed by atoms with Gasteiger partial charge >= 0.3 is 11.9 Å². The van der Waals surface area contributed by atoms with E-state index in [0.29, 0.717) is 130 Å². The van der Waals surface area contributed by atoms with Crippen molar-refractivity contribution in [3.8, 4) is 46.0 Å². The number of esters is 2. The Bertz CT molecular complexity index is 5010. The molecule has 678 valence electrons. The number of halogens is 1. The van der Waals surface area contributed by atoms with E-state index in [1.54, 1.807) is 54.6 Å². The fraction of sp³-hybridized carbons (Fsp3) is 0.398. The predicted octanol–water partition coefficient (Wildman–Crippen LogP) is 18.7. The molecule has 31 heteroatoms. The van der Waals surface area contributed by atoms with Crippen LogP contribution >= 0.6 is 12.4 Å². The van der Waals surface area contributed by atoms with E-state index in [1.807, 2.05) is 191 Å². The van der Waals surface area contributed by atoms with Gasteiger partial charge in [-0.25, -0.2) is 48.4 Å². The summed E-state index contributed by atoms with van der Waals surface area (Å²) in [6, 6.07) is 59.2. The Hall–Kier alpha value is -9.99. The molecule has 7 N–H and O–H groups in total. The molecule has 0 saturated heterocycles. The van der Waals surface area contributed by atoms with Crippen molar-refractivity contribution in [2.45, 2.75) is 138 Å². The highest BCUT2D eigenvalue weighted by atomic mass is 35.5. The number of hydrogen-bond donors (Lipinski definition) is 6. The summed E-state index contributed by atoms with van der Waals surface area (Å²) >= 11 is 0. The maximum absolute atomic E-state index is 13.6. The molecule has 0 heterocycles. The lowest BCUT2D eigenvalue weighted by Gasteiger charge is -2.20. The fourth-order valence-electron chi connectivity index (χ4n) is 12.1. The van der Waals surface area contributed by atoms with Crippen LogP contribution in [0.25, 0.3) is 0 Å². The van der Waals surface area contributed by atoms with Crippen LogP contribution in [0.5, 0.6) is 46.0 Å². The van der Waals surface area contributed by atoms with Gasteiger partial charge in [-0.2, -0.15) is 0 Å². The van der Waals surface area contributed by atoms with Gasteiger partial charge in [-0.05, 0) is 234 Å². The molecule has 0 aliphatic heterocycles. The SMILES string of the molecule is CCCCNc1cc(C(=O)OC)cc(S(=O)(=O)CCCN(C)C)c1Oc1ccccc1.CCCCNc1cc(C(=O)OC)cc(S(=O)(=O)CCCN(C)C)c1Oc1ccccc1.CCCCNc1cc(CNc2ccccc2)cc(S(=O)(=O)CCCN(C)C)c1Oc1ccccc1.CCCCNc1cc(COCC)cc(S(N)(=O)=O)c1Oc1ccccc1.Cl. The van der Waals surface area contributed by atoms with E-state index in [-0.39, 0.29) is 77.6 Å². The number of nitrogens with zero attached hydrogens (tertiary/aromatic N) is 3. The van der Waals surface area contributed by atoms with Crippen molar-refractivity contribution in [1.29, 1.82) is 0 Å². The Morgan fingerprint density at radius 3 is 0.927 bits per heavy atom. The smallest absolute Gasteiger partial charge is 0.337 e. The largest absolute Gasteiger partial charge is 0.465 e. The molecule has 0 aliphatic carbocycles. The van der Waals surface area contributed by atoms with Crippen molar-refractivity contribution < 1.29 is 76.4 Å². The molecule has 0 amide bonds. The zero-order valence-corrected chi connectivity index (χ0v) is 78.0. The van der Waals surface area contributed by atoms with E-state index < -0.39 is 51.5 Å². The van der Waals surface area contributed by atoms with Crippen LogP contribution in [0.3, 0.4) is 0 Å². The molecule has 0 radical (unpaired) electrons. The number of para-hydroxylation sites is 5. The Kier molecular flexibility index (Phi) is 46.1. The second-order valence-electron chi connectivity index (χ2n) is 29.7. The molecule has 9 rings (SSSR count). The third-order valence-electron chi connectivity index (χ3n) is 18.5. The summed E-state index contributed by atoms with van der Waals surface area (Å²) in [5, 5.41) is 22.0. The van der Waals surface area contributed by atoms with Crippen molar-refractivity contribution in [3.63, 3.8) is 0 Å². The second kappa shape index (κ2) is 54.7. The monoisotopic (exact) mass is 1810 g/mol. The number of rotatable bonds is 48. The number of hydrogen-bond acceptors (Lipinski definition) is 25. The molecule has 124 heavy (non-hydrogen) atoms. The number of sulfonamides is 1. The van der Waals surface area contributed by atoms with Crippen molar-refractivity contribution in [2.75, 3.05) is 153 Å². The van der Waals surface area contributed by atoms with Crippen LogP contribution in [0.15, 0.2) is 220 Å². The first-order valence-electron chi connectivity index (χ1n) is 41.7. The van der Waals surface area contributed by atoms with Gasteiger partial charge in [0.15, 0.2) is 52.5 Å². The van der Waals surface area contributed by atoms with E-state index in [4.69, 9.17) is 38.3 Å². The molecule has 0 unspecified atom stereocenters. The van der Waals surface area contributed by atoms with Crippen molar-refractivity contribution in [1.82, 2.24) is 14.7 Å². The zero-order valence-electron chi connectivity index (χ0n) is 73.9. The minimum absolute atomic E-state index is 0. The van der Waals surface area contributed by atoms with E-state index in [2.05, 4.69) is 54.3 Å². The summed E-state index contributed by atoms with van der Waals surface area (Å²) in [7, 11) is -1.00. The number of carbonyl (C=O) groups is 2. The quantitative estimate of drug-likeness (QED) is 0.0152. The molecule has 26 nitrogen and oxygen atoms in total. The van der Waals surface area contributed by atoms with Crippen LogP contribution in [0.4, 0.5) is 28.4 Å². The third kappa shape index (κ3) is 35.9. The fourth-order valence-corrected chi connectivity index (χ4v) is 17.2. The summed E-state index contributed by atoms with van der Waals surface area (Å²) in [5.74, 6) is 1.84. The molecule has 0 fully saturated rings. The molecular weight excluding hydrogens is 1680 g/mol. The van der Waals surface area contributed by atoms with Gasteiger partial charge in [0.05, 0.1) is 72.0 Å². The molecule has 0 aromatic heterocycles. The predicted molar refractivity (Wildman–Crippen MR) is 501 cm³/mol. The summed E-state index contributed by atoms with van der Waals surface area (Å²) in [5.41, 5.74) is 5.08. The molecule has 0 atom stereocenters. The van der Waals surface area contributed by atoms with Crippen LogP contribution in [0, 0.1) is 0 Å². The van der Waals surface area contributed by atoms with Gasteiger partial charge in [0, 0.05) is 45.0 Å². The maximum atomic E-state index is 13.6. The first kappa shape index (κ1) is 105. The molecule has 0 saturated carbocycles. The first-order valence-corrected chi connectivity index (χ1v) is 48.2. The summed E-state index contributed by atoms with van der Waals surface area (Å²) in [6.45, 7) is 16.2. The van der Waals surface area contributed by atoms with Crippen LogP contribution in [0.2, 0.25) is 0 Å². The van der Waals surface area contributed by atoms with Gasteiger partial charge < -0.3 is 74.4 Å². The lowest BCUT2D eigenvalue weighted by molar-refractivity contribution is 0.0591. The van der Waals surface area contributed by atoms with E-state index in [1.165, 1.54) is 32.4 Å². The average Bonchev–Trinajstić information content (AvgIpc) is 0.792. The van der Waals surface area contributed by atoms with Gasteiger partial charge in [0.2, 0.25) is 10.0 Å². The Balaban J connectivity index is 0.000000294. The normalized spacial score (nSPS) is 11.3. The number of methoxy groups -OCH3 is 2. The minimum atomic E-state index is -3.97. The summed E-state index contributed by atoms with van der Waals surface area (Å²) in [4.78, 5) is 30.5. The molecule has 9 aromatic rings. The Morgan fingerprint density at radius 2 is 0.637 bits per heavy atom. The number of nitrogens with one attached hydrogen (secondary N) is 5. The topological polar surface area (TPSA) is 331 Å².